The van der Waals surface area contributed by atoms with Crippen molar-refractivity contribution in [2.24, 2.45) is 0 Å². The first-order valence-electron chi connectivity index (χ1n) is 5.08. The molecule has 0 aliphatic heterocycles. The number of carbonyl (C=O) groups excluding carboxylic acids is 1. The molecule has 0 saturated heterocycles. The predicted molar refractivity (Wildman–Crippen MR) is 60.6 cm³/mol. The topological polar surface area (TPSA) is 17.1 Å². The summed E-state index contributed by atoms with van der Waals surface area (Å²) in [5, 5.41) is 0. The monoisotopic (exact) mass is 194 g/mol. The molecule has 0 fully saturated rings. The van der Waals surface area contributed by atoms with Crippen LogP contribution in [0.5, 0.6) is 0 Å². The Morgan fingerprint density at radius 2 is 1.87 bits per heavy atom. The Morgan fingerprint density at radius 3 is 2.73 bits per heavy atom. The highest BCUT2D eigenvalue weighted by atomic mass is 16.1. The molecule has 0 aromatic heterocycles. The molecule has 0 unspecified atom stereocenters. The number of hydrogen-bond donors (Lipinski definition) is 0. The van der Waals surface area contributed by atoms with Gasteiger partial charge in [-0.15, -0.1) is 0 Å². The van der Waals surface area contributed by atoms with Gasteiger partial charge in [-0.25, -0.2) is 0 Å². The maximum absolute atomic E-state index is 11.8. The molecule has 1 heteroatoms. The van der Waals surface area contributed by atoms with Gasteiger partial charge in [-0.05, 0) is 29.2 Å². The minimum absolute atomic E-state index is 0.132. The van der Waals surface area contributed by atoms with E-state index in [-0.39, 0.29) is 5.78 Å². The normalized spacial score (nSPS) is 17.7. The van der Waals surface area contributed by atoms with Crippen molar-refractivity contribution in [1.29, 1.82) is 0 Å². The molecule has 2 aliphatic carbocycles. The number of ketones is 1. The van der Waals surface area contributed by atoms with Crippen LogP contribution in [0.15, 0.2) is 54.1 Å². The van der Waals surface area contributed by atoms with E-state index >= 15 is 0 Å². The van der Waals surface area contributed by atoms with Gasteiger partial charge in [0.2, 0.25) is 0 Å². The molecule has 1 nitrogen and oxygen atoms in total. The molecule has 0 radical (unpaired) electrons. The van der Waals surface area contributed by atoms with Gasteiger partial charge in [-0.2, -0.15) is 0 Å². The third-order valence-corrected chi connectivity index (χ3v) is 2.87. The molecule has 72 valence electrons. The van der Waals surface area contributed by atoms with Gasteiger partial charge in [0, 0.05) is 5.56 Å². The van der Waals surface area contributed by atoms with Crippen molar-refractivity contribution in [2.75, 3.05) is 0 Å². The molecule has 0 bridgehead atoms. The Bertz CT molecular complexity index is 530. The first-order chi connectivity index (χ1) is 7.36. The molecule has 3 rings (SSSR count). The van der Waals surface area contributed by atoms with E-state index in [4.69, 9.17) is 0 Å². The Morgan fingerprint density at radius 1 is 1.07 bits per heavy atom. The van der Waals surface area contributed by atoms with E-state index in [1.54, 1.807) is 6.08 Å². The van der Waals surface area contributed by atoms with Gasteiger partial charge in [0.15, 0.2) is 5.78 Å². The van der Waals surface area contributed by atoms with E-state index < -0.39 is 0 Å². The van der Waals surface area contributed by atoms with Gasteiger partial charge in [-0.1, -0.05) is 42.5 Å². The Labute approximate surface area is 88.4 Å². The van der Waals surface area contributed by atoms with Gasteiger partial charge in [0.25, 0.3) is 0 Å². The molecule has 0 N–H and O–H groups in total. The van der Waals surface area contributed by atoms with Crippen molar-refractivity contribution in [3.05, 3.63) is 65.3 Å². The second kappa shape index (κ2) is 3.06. The lowest BCUT2D eigenvalue weighted by molar-refractivity contribution is 0.104. The number of allylic oxidation sites excluding steroid dienone is 6. The summed E-state index contributed by atoms with van der Waals surface area (Å²) in [6.07, 6.45) is 8.85. The van der Waals surface area contributed by atoms with Crippen molar-refractivity contribution in [1.82, 2.24) is 0 Å². The van der Waals surface area contributed by atoms with Crippen LogP contribution in [0.1, 0.15) is 22.3 Å². The summed E-state index contributed by atoms with van der Waals surface area (Å²) >= 11 is 0. The highest BCUT2D eigenvalue weighted by Crippen LogP contribution is 2.35. The second-order valence-electron chi connectivity index (χ2n) is 3.79. The second-order valence-corrected chi connectivity index (χ2v) is 3.79. The van der Waals surface area contributed by atoms with Crippen LogP contribution in [0.3, 0.4) is 0 Å². The van der Waals surface area contributed by atoms with Crippen LogP contribution in [0, 0.1) is 0 Å². The third-order valence-electron chi connectivity index (χ3n) is 2.87. The minimum Gasteiger partial charge on any atom is -0.289 e. The standard InChI is InChI=1S/C14H10O/c15-14-9-10-5-1-2-6-11(10)12-7-3-4-8-13(12)14/h1-4,6-9H,5H2. The fourth-order valence-corrected chi connectivity index (χ4v) is 2.14. The SMILES string of the molecule is O=C1C=C2CC=CC=C2c2ccccc21. The lowest BCUT2D eigenvalue weighted by Crippen LogP contribution is -2.09. The first-order valence-corrected chi connectivity index (χ1v) is 5.08. The van der Waals surface area contributed by atoms with Crippen molar-refractivity contribution in [3.8, 4) is 0 Å². The zero-order valence-electron chi connectivity index (χ0n) is 8.23. The lowest BCUT2D eigenvalue weighted by atomic mass is 9.83. The molecule has 0 amide bonds. The molecular formula is C14H10O. The summed E-state index contributed by atoms with van der Waals surface area (Å²) < 4.78 is 0. The molecular weight excluding hydrogens is 184 g/mol. The molecule has 1 aromatic carbocycles. The fraction of sp³-hybridized carbons (Fsp3) is 0.0714. The molecule has 0 heterocycles. The predicted octanol–water partition coefficient (Wildman–Crippen LogP) is 3.15. The van der Waals surface area contributed by atoms with Crippen molar-refractivity contribution < 1.29 is 4.79 Å². The van der Waals surface area contributed by atoms with E-state index in [1.807, 2.05) is 24.3 Å². The van der Waals surface area contributed by atoms with Crippen LogP contribution in [-0.2, 0) is 0 Å². The van der Waals surface area contributed by atoms with Gasteiger partial charge in [0.1, 0.15) is 0 Å². The molecule has 2 aliphatic rings. The van der Waals surface area contributed by atoms with E-state index in [0.29, 0.717) is 0 Å². The number of rotatable bonds is 0. The van der Waals surface area contributed by atoms with E-state index in [0.717, 1.165) is 23.1 Å². The molecule has 0 atom stereocenters. The lowest BCUT2D eigenvalue weighted by Gasteiger charge is -2.20. The zero-order valence-corrected chi connectivity index (χ0v) is 8.23. The maximum atomic E-state index is 11.8. The third kappa shape index (κ3) is 1.20. The first kappa shape index (κ1) is 8.42. The fourth-order valence-electron chi connectivity index (χ4n) is 2.14. The molecule has 0 saturated carbocycles. The summed E-state index contributed by atoms with van der Waals surface area (Å²) in [5.74, 6) is 0.132. The highest BCUT2D eigenvalue weighted by Gasteiger charge is 2.21. The zero-order chi connectivity index (χ0) is 10.3. The quantitative estimate of drug-likeness (QED) is 0.620. The van der Waals surface area contributed by atoms with Crippen LogP contribution >= 0.6 is 0 Å². The molecule has 0 spiro atoms. The van der Waals surface area contributed by atoms with Gasteiger partial charge >= 0.3 is 0 Å². The van der Waals surface area contributed by atoms with E-state index in [2.05, 4.69) is 18.2 Å². The van der Waals surface area contributed by atoms with Gasteiger partial charge < -0.3 is 0 Å². The number of fused-ring (bicyclic) bond motifs is 3. The summed E-state index contributed by atoms with van der Waals surface area (Å²) in [6.45, 7) is 0. The summed E-state index contributed by atoms with van der Waals surface area (Å²) in [7, 11) is 0. The minimum atomic E-state index is 0.132. The summed E-state index contributed by atoms with van der Waals surface area (Å²) in [6, 6.07) is 7.80. The van der Waals surface area contributed by atoms with Crippen LogP contribution in [0.4, 0.5) is 0 Å². The van der Waals surface area contributed by atoms with Crippen molar-refractivity contribution in [3.63, 3.8) is 0 Å². The Balaban J connectivity index is 2.29. The summed E-state index contributed by atoms with van der Waals surface area (Å²) in [4.78, 5) is 11.8. The summed E-state index contributed by atoms with van der Waals surface area (Å²) in [5.41, 5.74) is 4.24. The maximum Gasteiger partial charge on any atom is 0.186 e. The van der Waals surface area contributed by atoms with Crippen LogP contribution in [-0.4, -0.2) is 5.78 Å². The van der Waals surface area contributed by atoms with Crippen molar-refractivity contribution in [2.45, 2.75) is 6.42 Å². The number of carbonyl (C=O) groups is 1. The average molecular weight is 194 g/mol. The molecule has 15 heavy (non-hydrogen) atoms. The highest BCUT2D eigenvalue weighted by molar-refractivity contribution is 6.14. The Hall–Kier alpha value is -1.89. The van der Waals surface area contributed by atoms with Crippen molar-refractivity contribution >= 4 is 11.4 Å². The van der Waals surface area contributed by atoms with E-state index in [1.165, 1.54) is 5.57 Å². The average Bonchev–Trinajstić information content (AvgIpc) is 2.30. The van der Waals surface area contributed by atoms with Crippen LogP contribution in [0.25, 0.3) is 5.57 Å². The largest absolute Gasteiger partial charge is 0.289 e. The number of hydrogen-bond acceptors (Lipinski definition) is 1. The van der Waals surface area contributed by atoms with Crippen LogP contribution < -0.4 is 0 Å². The van der Waals surface area contributed by atoms with Crippen LogP contribution in [0.2, 0.25) is 0 Å². The van der Waals surface area contributed by atoms with Gasteiger partial charge in [-0.3, -0.25) is 4.79 Å². The van der Waals surface area contributed by atoms with Gasteiger partial charge in [0.05, 0.1) is 0 Å². The van der Waals surface area contributed by atoms with E-state index in [9.17, 15) is 4.79 Å². The smallest absolute Gasteiger partial charge is 0.186 e. The number of benzene rings is 1. The molecule has 1 aromatic rings. The Kier molecular flexibility index (Phi) is 1.72.